The standard InChI is InChI=1S/C27H37N5O5/c1-17(2)28-26(35)30-22-13-9-12-21-24(22)37-23(18(3)14-32(25(21)34)19(4)16-33)15-31(5)27(36)29-20-10-7-6-8-11-20/h6-13,17-19,23,33H,14-16H2,1-5H3,(H,29,36)(H2,28,30,35)/t18-,19+,23+/m0/s1. The Kier molecular flexibility index (Phi) is 9.35. The number of nitrogens with zero attached hydrogens (tertiary/aromatic N) is 2. The Labute approximate surface area is 218 Å². The van der Waals surface area contributed by atoms with Crippen LogP contribution in [0.4, 0.5) is 21.0 Å². The SMILES string of the molecule is CC(C)NC(=O)Nc1cccc2c1O[C@H](CN(C)C(=O)Nc1ccccc1)[C@@H](C)CN([C@H](C)CO)C2=O. The van der Waals surface area contributed by atoms with Crippen LogP contribution in [0, 0.1) is 5.92 Å². The van der Waals surface area contributed by atoms with Gasteiger partial charge in [0.15, 0.2) is 5.75 Å². The van der Waals surface area contributed by atoms with Gasteiger partial charge in [-0.1, -0.05) is 31.2 Å². The maximum atomic E-state index is 13.5. The van der Waals surface area contributed by atoms with Crippen LogP contribution < -0.4 is 20.7 Å². The number of urea groups is 2. The van der Waals surface area contributed by atoms with Gasteiger partial charge in [0.05, 0.1) is 30.4 Å². The molecule has 3 atom stereocenters. The van der Waals surface area contributed by atoms with Crippen molar-refractivity contribution in [2.24, 2.45) is 5.92 Å². The first-order valence-corrected chi connectivity index (χ1v) is 12.5. The highest BCUT2D eigenvalue weighted by molar-refractivity contribution is 6.01. The second kappa shape index (κ2) is 12.4. The summed E-state index contributed by atoms with van der Waals surface area (Å²) < 4.78 is 6.42. The van der Waals surface area contributed by atoms with Crippen molar-refractivity contribution in [1.29, 1.82) is 0 Å². The Balaban J connectivity index is 1.93. The predicted molar refractivity (Wildman–Crippen MR) is 143 cm³/mol. The summed E-state index contributed by atoms with van der Waals surface area (Å²) in [5.41, 5.74) is 1.29. The molecular weight excluding hydrogens is 474 g/mol. The van der Waals surface area contributed by atoms with E-state index in [-0.39, 0.29) is 48.4 Å². The molecule has 10 heteroatoms. The monoisotopic (exact) mass is 511 g/mol. The zero-order valence-electron chi connectivity index (χ0n) is 22.0. The summed E-state index contributed by atoms with van der Waals surface area (Å²) in [7, 11) is 1.67. The van der Waals surface area contributed by atoms with Crippen LogP contribution in [0.15, 0.2) is 48.5 Å². The van der Waals surface area contributed by atoms with Crippen molar-refractivity contribution in [3.05, 3.63) is 54.1 Å². The van der Waals surface area contributed by atoms with Crippen LogP contribution in [0.25, 0.3) is 0 Å². The predicted octanol–water partition coefficient (Wildman–Crippen LogP) is 3.60. The third-order valence-electron chi connectivity index (χ3n) is 6.18. The van der Waals surface area contributed by atoms with Crippen LogP contribution in [-0.4, -0.2) is 77.8 Å². The highest BCUT2D eigenvalue weighted by Gasteiger charge is 2.35. The summed E-state index contributed by atoms with van der Waals surface area (Å²) >= 11 is 0. The lowest BCUT2D eigenvalue weighted by atomic mass is 9.99. The van der Waals surface area contributed by atoms with E-state index >= 15 is 0 Å². The molecule has 1 aliphatic heterocycles. The second-order valence-electron chi connectivity index (χ2n) is 9.73. The van der Waals surface area contributed by atoms with Crippen LogP contribution >= 0.6 is 0 Å². The smallest absolute Gasteiger partial charge is 0.321 e. The Morgan fingerprint density at radius 2 is 1.81 bits per heavy atom. The number of carbonyl (C=O) groups excluding carboxylic acids is 3. The number of amides is 5. The number of aliphatic hydroxyl groups excluding tert-OH is 1. The van der Waals surface area contributed by atoms with Crippen LogP contribution in [0.3, 0.4) is 0 Å². The zero-order valence-corrected chi connectivity index (χ0v) is 22.0. The summed E-state index contributed by atoms with van der Waals surface area (Å²) in [5, 5.41) is 18.2. The van der Waals surface area contributed by atoms with E-state index in [9.17, 15) is 19.5 Å². The van der Waals surface area contributed by atoms with E-state index < -0.39 is 18.2 Å². The van der Waals surface area contributed by atoms with Crippen LogP contribution in [-0.2, 0) is 0 Å². The lowest BCUT2D eigenvalue weighted by molar-refractivity contribution is 0.0373. The molecule has 0 fully saturated rings. The second-order valence-corrected chi connectivity index (χ2v) is 9.73. The first kappa shape index (κ1) is 27.8. The molecule has 2 aromatic rings. The lowest BCUT2D eigenvalue weighted by Crippen LogP contribution is -2.50. The van der Waals surface area contributed by atoms with Crippen molar-refractivity contribution in [3.8, 4) is 5.75 Å². The quantitative estimate of drug-likeness (QED) is 0.452. The molecule has 4 N–H and O–H groups in total. The van der Waals surface area contributed by atoms with Gasteiger partial charge < -0.3 is 35.6 Å². The number of rotatable bonds is 7. The summed E-state index contributed by atoms with van der Waals surface area (Å²) in [4.78, 5) is 42.0. The van der Waals surface area contributed by atoms with Gasteiger partial charge in [0.2, 0.25) is 0 Å². The van der Waals surface area contributed by atoms with Crippen molar-refractivity contribution in [3.63, 3.8) is 0 Å². The van der Waals surface area contributed by atoms with Gasteiger partial charge in [-0.25, -0.2) is 9.59 Å². The zero-order chi connectivity index (χ0) is 27.1. The van der Waals surface area contributed by atoms with Crippen molar-refractivity contribution < 1.29 is 24.2 Å². The molecule has 37 heavy (non-hydrogen) atoms. The number of para-hydroxylation sites is 2. The van der Waals surface area contributed by atoms with Gasteiger partial charge in [0, 0.05) is 31.2 Å². The van der Waals surface area contributed by atoms with Crippen LogP contribution in [0.5, 0.6) is 5.75 Å². The molecule has 0 radical (unpaired) electrons. The number of hydrogen-bond donors (Lipinski definition) is 4. The van der Waals surface area contributed by atoms with E-state index in [1.165, 1.54) is 4.90 Å². The Hall–Kier alpha value is -3.79. The highest BCUT2D eigenvalue weighted by atomic mass is 16.5. The van der Waals surface area contributed by atoms with Gasteiger partial charge in [-0.05, 0) is 45.0 Å². The number of likely N-dealkylation sites (N-methyl/N-ethyl adjacent to an activating group) is 1. The Morgan fingerprint density at radius 3 is 2.46 bits per heavy atom. The number of aliphatic hydroxyl groups is 1. The third kappa shape index (κ3) is 7.13. The van der Waals surface area contributed by atoms with Gasteiger partial charge in [-0.3, -0.25) is 4.79 Å². The van der Waals surface area contributed by atoms with Crippen molar-refractivity contribution in [2.75, 3.05) is 37.4 Å². The molecule has 2 aromatic carbocycles. The molecule has 0 bridgehead atoms. The summed E-state index contributed by atoms with van der Waals surface area (Å²) in [6, 6.07) is 12.9. The van der Waals surface area contributed by atoms with Gasteiger partial charge in [-0.15, -0.1) is 0 Å². The molecule has 0 saturated carbocycles. The fourth-order valence-electron chi connectivity index (χ4n) is 4.07. The minimum absolute atomic E-state index is 0.0847. The van der Waals surface area contributed by atoms with Crippen LogP contribution in [0.1, 0.15) is 38.1 Å². The van der Waals surface area contributed by atoms with E-state index in [0.29, 0.717) is 17.9 Å². The van der Waals surface area contributed by atoms with Crippen molar-refractivity contribution >= 4 is 29.3 Å². The largest absolute Gasteiger partial charge is 0.485 e. The average molecular weight is 512 g/mol. The molecule has 10 nitrogen and oxygen atoms in total. The molecule has 0 unspecified atom stereocenters. The molecule has 5 amide bonds. The minimum Gasteiger partial charge on any atom is -0.485 e. The molecule has 0 aliphatic carbocycles. The van der Waals surface area contributed by atoms with Gasteiger partial charge in [0.25, 0.3) is 5.91 Å². The number of anilines is 2. The minimum atomic E-state index is -0.511. The molecule has 0 spiro atoms. The third-order valence-corrected chi connectivity index (χ3v) is 6.18. The first-order chi connectivity index (χ1) is 17.6. The average Bonchev–Trinajstić information content (AvgIpc) is 2.86. The molecule has 1 aliphatic rings. The molecule has 1 heterocycles. The maximum Gasteiger partial charge on any atom is 0.321 e. The Bertz CT molecular complexity index is 1090. The summed E-state index contributed by atoms with van der Waals surface area (Å²) in [5.74, 6) is -0.268. The number of benzene rings is 2. The summed E-state index contributed by atoms with van der Waals surface area (Å²) in [6.45, 7) is 7.75. The fraction of sp³-hybridized carbons (Fsp3) is 0.444. The van der Waals surface area contributed by atoms with Gasteiger partial charge >= 0.3 is 12.1 Å². The molecule has 3 rings (SSSR count). The maximum absolute atomic E-state index is 13.5. The van der Waals surface area contributed by atoms with E-state index in [1.807, 2.05) is 39.0 Å². The van der Waals surface area contributed by atoms with Crippen molar-refractivity contribution in [1.82, 2.24) is 15.1 Å². The number of fused-ring (bicyclic) bond motifs is 1. The van der Waals surface area contributed by atoms with E-state index in [1.54, 1.807) is 49.2 Å². The fourth-order valence-corrected chi connectivity index (χ4v) is 4.07. The van der Waals surface area contributed by atoms with Crippen molar-refractivity contribution in [2.45, 2.75) is 45.9 Å². The molecule has 0 saturated heterocycles. The highest BCUT2D eigenvalue weighted by Crippen LogP contribution is 2.35. The first-order valence-electron chi connectivity index (χ1n) is 12.5. The number of carbonyl (C=O) groups is 3. The van der Waals surface area contributed by atoms with Gasteiger partial charge in [-0.2, -0.15) is 0 Å². The molecule has 200 valence electrons. The van der Waals surface area contributed by atoms with E-state index in [4.69, 9.17) is 4.74 Å². The normalized spacial score (nSPS) is 18.1. The molecule has 0 aromatic heterocycles. The number of hydrogen-bond acceptors (Lipinski definition) is 5. The summed E-state index contributed by atoms with van der Waals surface area (Å²) in [6.07, 6.45) is -0.511. The van der Waals surface area contributed by atoms with Crippen LogP contribution in [0.2, 0.25) is 0 Å². The lowest BCUT2D eigenvalue weighted by Gasteiger charge is -2.38. The topological polar surface area (TPSA) is 123 Å². The van der Waals surface area contributed by atoms with E-state index in [2.05, 4.69) is 16.0 Å². The number of nitrogens with one attached hydrogen (secondary N) is 3. The van der Waals surface area contributed by atoms with E-state index in [0.717, 1.165) is 0 Å². The Morgan fingerprint density at radius 1 is 1.11 bits per heavy atom. The number of ether oxygens (including phenoxy) is 1. The van der Waals surface area contributed by atoms with Gasteiger partial charge in [0.1, 0.15) is 6.10 Å². The molecular formula is C27H37N5O5.